The van der Waals surface area contributed by atoms with Crippen LogP contribution in [-0.4, -0.2) is 4.98 Å². The summed E-state index contributed by atoms with van der Waals surface area (Å²) in [5, 5.41) is 0. The van der Waals surface area contributed by atoms with Crippen molar-refractivity contribution in [2.75, 3.05) is 0 Å². The van der Waals surface area contributed by atoms with Gasteiger partial charge in [-0.15, -0.1) is 0 Å². The van der Waals surface area contributed by atoms with Crippen LogP contribution >= 0.6 is 0 Å². The molecule has 0 radical (unpaired) electrons. The van der Waals surface area contributed by atoms with Crippen molar-refractivity contribution in [1.29, 1.82) is 0 Å². The Bertz CT molecular complexity index is 402. The first-order chi connectivity index (χ1) is 6.64. The van der Waals surface area contributed by atoms with Gasteiger partial charge in [0.25, 0.3) is 5.56 Å². The predicted molar refractivity (Wildman–Crippen MR) is 64.5 cm³/mol. The van der Waals surface area contributed by atoms with Crippen molar-refractivity contribution in [3.05, 3.63) is 33.7 Å². The highest BCUT2D eigenvalue weighted by molar-refractivity contribution is 5.34. The third-order valence-corrected chi connectivity index (χ3v) is 2.52. The molecule has 0 atom stereocenters. The van der Waals surface area contributed by atoms with Gasteiger partial charge in [0.15, 0.2) is 0 Å². The molecule has 1 aromatic rings. The number of nitrogens with one attached hydrogen (secondary N) is 1. The summed E-state index contributed by atoms with van der Waals surface area (Å²) in [6.07, 6.45) is 1.73. The molecular weight excluding hydrogens is 186 g/mol. The highest BCUT2D eigenvalue weighted by Crippen LogP contribution is 2.30. The van der Waals surface area contributed by atoms with E-state index < -0.39 is 0 Å². The lowest BCUT2D eigenvalue weighted by molar-refractivity contribution is 0.523. The number of rotatable bonds is 0. The van der Waals surface area contributed by atoms with E-state index in [1.165, 1.54) is 0 Å². The second-order valence-electron chi connectivity index (χ2n) is 6.10. The fourth-order valence-electron chi connectivity index (χ4n) is 1.85. The van der Waals surface area contributed by atoms with Crippen LogP contribution in [0, 0.1) is 0 Å². The number of aromatic nitrogens is 1. The zero-order chi connectivity index (χ0) is 11.9. The Morgan fingerprint density at radius 1 is 1.00 bits per heavy atom. The zero-order valence-electron chi connectivity index (χ0n) is 10.6. The quantitative estimate of drug-likeness (QED) is 0.697. The van der Waals surface area contributed by atoms with Crippen LogP contribution in [0.1, 0.15) is 52.7 Å². The normalized spacial score (nSPS) is 12.9. The largest absolute Gasteiger partial charge is 0.329 e. The van der Waals surface area contributed by atoms with E-state index in [0.29, 0.717) is 0 Å². The molecule has 0 amide bonds. The summed E-state index contributed by atoms with van der Waals surface area (Å²) < 4.78 is 0. The molecule has 0 fully saturated rings. The maximum absolute atomic E-state index is 11.9. The molecule has 0 saturated carbocycles. The molecule has 0 aliphatic rings. The van der Waals surface area contributed by atoms with Gasteiger partial charge in [0.1, 0.15) is 0 Å². The van der Waals surface area contributed by atoms with Crippen molar-refractivity contribution in [2.45, 2.75) is 52.4 Å². The SMILES string of the molecule is CC(C)(C)c1cc[nH]c(=O)c1C(C)(C)C. The van der Waals surface area contributed by atoms with Gasteiger partial charge in [0, 0.05) is 11.8 Å². The fraction of sp³-hybridized carbons (Fsp3) is 0.615. The van der Waals surface area contributed by atoms with Gasteiger partial charge in [0.05, 0.1) is 0 Å². The van der Waals surface area contributed by atoms with E-state index in [0.717, 1.165) is 11.1 Å². The minimum absolute atomic E-state index is 0.0108. The predicted octanol–water partition coefficient (Wildman–Crippen LogP) is 2.97. The summed E-state index contributed by atoms with van der Waals surface area (Å²) in [6, 6.07) is 2.02. The summed E-state index contributed by atoms with van der Waals surface area (Å²) in [6.45, 7) is 12.6. The van der Waals surface area contributed by atoms with Gasteiger partial charge in [-0.05, 0) is 22.5 Å². The average Bonchev–Trinajstić information content (AvgIpc) is 1.99. The standard InChI is InChI=1S/C13H21NO/c1-12(2,3)9-7-8-14-11(15)10(9)13(4,5)6/h7-8H,1-6H3,(H,14,15). The molecule has 2 heteroatoms. The summed E-state index contributed by atoms with van der Waals surface area (Å²) in [7, 11) is 0. The monoisotopic (exact) mass is 207 g/mol. The van der Waals surface area contributed by atoms with E-state index in [9.17, 15) is 4.79 Å². The van der Waals surface area contributed by atoms with Crippen LogP contribution in [0.15, 0.2) is 17.1 Å². The minimum atomic E-state index is -0.114. The maximum atomic E-state index is 11.9. The van der Waals surface area contributed by atoms with Crippen LogP contribution in [-0.2, 0) is 10.8 Å². The average molecular weight is 207 g/mol. The van der Waals surface area contributed by atoms with Gasteiger partial charge >= 0.3 is 0 Å². The molecule has 1 rings (SSSR count). The van der Waals surface area contributed by atoms with Gasteiger partial charge in [-0.25, -0.2) is 0 Å². The Hall–Kier alpha value is -1.05. The second-order valence-corrected chi connectivity index (χ2v) is 6.10. The third kappa shape index (κ3) is 2.49. The van der Waals surface area contributed by atoms with E-state index in [2.05, 4.69) is 46.5 Å². The third-order valence-electron chi connectivity index (χ3n) is 2.52. The molecule has 0 spiro atoms. The maximum Gasteiger partial charge on any atom is 0.251 e. The van der Waals surface area contributed by atoms with Crippen molar-refractivity contribution in [3.8, 4) is 0 Å². The van der Waals surface area contributed by atoms with Crippen molar-refractivity contribution >= 4 is 0 Å². The first kappa shape index (κ1) is 12.0. The van der Waals surface area contributed by atoms with Crippen LogP contribution in [0.25, 0.3) is 0 Å². The molecule has 0 aliphatic carbocycles. The Balaban J connectivity index is 3.55. The molecule has 1 N–H and O–H groups in total. The van der Waals surface area contributed by atoms with Gasteiger partial charge in [-0.1, -0.05) is 41.5 Å². The first-order valence-electron chi connectivity index (χ1n) is 5.36. The number of aromatic amines is 1. The van der Waals surface area contributed by atoms with Gasteiger partial charge in [-0.3, -0.25) is 4.79 Å². The summed E-state index contributed by atoms with van der Waals surface area (Å²) in [5.41, 5.74) is 1.97. The molecule has 0 aromatic carbocycles. The highest BCUT2D eigenvalue weighted by Gasteiger charge is 2.27. The van der Waals surface area contributed by atoms with Crippen molar-refractivity contribution in [3.63, 3.8) is 0 Å². The molecule has 0 unspecified atom stereocenters. The molecule has 84 valence electrons. The highest BCUT2D eigenvalue weighted by atomic mass is 16.1. The number of H-pyrrole nitrogens is 1. The van der Waals surface area contributed by atoms with Gasteiger partial charge in [-0.2, -0.15) is 0 Å². The number of hydrogen-bond acceptors (Lipinski definition) is 1. The number of hydrogen-bond donors (Lipinski definition) is 1. The molecular formula is C13H21NO. The molecule has 0 aliphatic heterocycles. The topological polar surface area (TPSA) is 32.9 Å². The summed E-state index contributed by atoms with van der Waals surface area (Å²) >= 11 is 0. The van der Waals surface area contributed by atoms with E-state index in [1.807, 2.05) is 6.07 Å². The van der Waals surface area contributed by atoms with Crippen LogP contribution in [0.4, 0.5) is 0 Å². The minimum Gasteiger partial charge on any atom is -0.329 e. The molecule has 15 heavy (non-hydrogen) atoms. The Kier molecular flexibility index (Phi) is 2.81. The van der Waals surface area contributed by atoms with Crippen molar-refractivity contribution in [1.82, 2.24) is 4.98 Å². The molecule has 1 heterocycles. The fourth-order valence-corrected chi connectivity index (χ4v) is 1.85. The number of pyridine rings is 1. The lowest BCUT2D eigenvalue weighted by atomic mass is 9.76. The molecule has 0 bridgehead atoms. The van der Waals surface area contributed by atoms with Gasteiger partial charge < -0.3 is 4.98 Å². The van der Waals surface area contributed by atoms with Crippen LogP contribution in [0.5, 0.6) is 0 Å². The van der Waals surface area contributed by atoms with E-state index >= 15 is 0 Å². The van der Waals surface area contributed by atoms with Crippen molar-refractivity contribution in [2.24, 2.45) is 0 Å². The zero-order valence-corrected chi connectivity index (χ0v) is 10.6. The van der Waals surface area contributed by atoms with Crippen LogP contribution < -0.4 is 5.56 Å². The Morgan fingerprint density at radius 3 is 1.87 bits per heavy atom. The lowest BCUT2D eigenvalue weighted by Gasteiger charge is -2.28. The summed E-state index contributed by atoms with van der Waals surface area (Å²) in [5.74, 6) is 0. The summed E-state index contributed by atoms with van der Waals surface area (Å²) in [4.78, 5) is 14.6. The second kappa shape index (κ2) is 3.51. The molecule has 1 aromatic heterocycles. The molecule has 0 saturated heterocycles. The first-order valence-corrected chi connectivity index (χ1v) is 5.36. The van der Waals surface area contributed by atoms with E-state index in [-0.39, 0.29) is 16.4 Å². The lowest BCUT2D eigenvalue weighted by Crippen LogP contribution is -2.30. The Labute approximate surface area is 91.7 Å². The van der Waals surface area contributed by atoms with E-state index in [4.69, 9.17) is 0 Å². The smallest absolute Gasteiger partial charge is 0.251 e. The van der Waals surface area contributed by atoms with Crippen LogP contribution in [0.2, 0.25) is 0 Å². The van der Waals surface area contributed by atoms with E-state index in [1.54, 1.807) is 6.20 Å². The Morgan fingerprint density at radius 2 is 1.53 bits per heavy atom. The van der Waals surface area contributed by atoms with Gasteiger partial charge in [0.2, 0.25) is 0 Å². The van der Waals surface area contributed by atoms with Crippen molar-refractivity contribution < 1.29 is 0 Å². The molecule has 2 nitrogen and oxygen atoms in total. The van der Waals surface area contributed by atoms with Crippen LogP contribution in [0.3, 0.4) is 0 Å².